The molecule has 1 fully saturated rings. The van der Waals surface area contributed by atoms with Gasteiger partial charge in [0, 0.05) is 12.8 Å². The molecule has 0 heterocycles. The molecule has 5 heteroatoms. The van der Waals surface area contributed by atoms with Gasteiger partial charge < -0.3 is 9.47 Å². The number of benzene rings is 1. The molecule has 0 amide bonds. The second kappa shape index (κ2) is 7.20. The zero-order valence-corrected chi connectivity index (χ0v) is 12.7. The predicted molar refractivity (Wildman–Crippen MR) is 79.3 cm³/mol. The second-order valence-electron chi connectivity index (χ2n) is 5.33. The molecule has 1 atom stereocenters. The average molecular weight is 304 g/mol. The van der Waals surface area contributed by atoms with Gasteiger partial charge in [0.05, 0.1) is 18.8 Å². The number of hydrogen-bond acceptors (Lipinski definition) is 5. The first-order chi connectivity index (χ1) is 10.6. The molecule has 1 aromatic rings. The number of carbonyl (C=O) groups excluding carboxylic acids is 3. The zero-order chi connectivity index (χ0) is 16.0. The van der Waals surface area contributed by atoms with Crippen LogP contribution in [-0.2, 0) is 19.1 Å². The Labute approximate surface area is 129 Å². The monoisotopic (exact) mass is 304 g/mol. The molecule has 0 aromatic heterocycles. The Balaban J connectivity index is 1.96. The van der Waals surface area contributed by atoms with Gasteiger partial charge in [-0.3, -0.25) is 9.59 Å². The lowest BCUT2D eigenvalue weighted by Gasteiger charge is -2.24. The highest BCUT2D eigenvalue weighted by Gasteiger charge is 2.49. The standard InChI is InChI=1S/C17H20O5/c1-2-21-16(20)17(10-6-9-14(17)18)11-12-22-15(19)13-7-4-3-5-8-13/h3-5,7-8H,2,6,9-12H2,1H3. The van der Waals surface area contributed by atoms with Gasteiger partial charge in [-0.2, -0.15) is 0 Å². The van der Waals surface area contributed by atoms with Crippen molar-refractivity contribution in [3.8, 4) is 0 Å². The van der Waals surface area contributed by atoms with E-state index < -0.39 is 17.4 Å². The van der Waals surface area contributed by atoms with E-state index in [-0.39, 0.29) is 25.4 Å². The predicted octanol–water partition coefficient (Wildman–Crippen LogP) is 2.54. The minimum Gasteiger partial charge on any atom is -0.465 e. The Morgan fingerprint density at radius 3 is 2.50 bits per heavy atom. The second-order valence-corrected chi connectivity index (χ2v) is 5.33. The van der Waals surface area contributed by atoms with E-state index in [4.69, 9.17) is 9.47 Å². The van der Waals surface area contributed by atoms with E-state index in [0.29, 0.717) is 24.8 Å². The molecule has 0 spiro atoms. The highest BCUT2D eigenvalue weighted by atomic mass is 16.5. The summed E-state index contributed by atoms with van der Waals surface area (Å²) in [5.41, 5.74) is -0.682. The molecule has 0 aliphatic heterocycles. The van der Waals surface area contributed by atoms with E-state index in [1.807, 2.05) is 6.07 Å². The van der Waals surface area contributed by atoms with Crippen molar-refractivity contribution in [2.75, 3.05) is 13.2 Å². The van der Waals surface area contributed by atoms with E-state index in [1.54, 1.807) is 31.2 Å². The van der Waals surface area contributed by atoms with Gasteiger partial charge in [0.25, 0.3) is 0 Å². The first kappa shape index (κ1) is 16.2. The molecule has 22 heavy (non-hydrogen) atoms. The van der Waals surface area contributed by atoms with Gasteiger partial charge in [0.1, 0.15) is 11.2 Å². The molecule has 1 unspecified atom stereocenters. The molecule has 0 saturated heterocycles. The van der Waals surface area contributed by atoms with Crippen molar-refractivity contribution in [2.24, 2.45) is 5.41 Å². The topological polar surface area (TPSA) is 69.7 Å². The van der Waals surface area contributed by atoms with Gasteiger partial charge in [0.2, 0.25) is 0 Å². The fourth-order valence-corrected chi connectivity index (χ4v) is 2.76. The Morgan fingerprint density at radius 1 is 1.18 bits per heavy atom. The fourth-order valence-electron chi connectivity index (χ4n) is 2.76. The van der Waals surface area contributed by atoms with Crippen molar-refractivity contribution < 1.29 is 23.9 Å². The summed E-state index contributed by atoms with van der Waals surface area (Å²) >= 11 is 0. The first-order valence-electron chi connectivity index (χ1n) is 7.53. The van der Waals surface area contributed by atoms with Gasteiger partial charge in [-0.05, 0) is 31.9 Å². The van der Waals surface area contributed by atoms with Crippen molar-refractivity contribution in [3.05, 3.63) is 35.9 Å². The molecule has 1 aliphatic rings. The third kappa shape index (κ3) is 3.35. The third-order valence-corrected chi connectivity index (χ3v) is 3.98. The lowest BCUT2D eigenvalue weighted by molar-refractivity contribution is -0.159. The van der Waals surface area contributed by atoms with Crippen molar-refractivity contribution in [3.63, 3.8) is 0 Å². The zero-order valence-electron chi connectivity index (χ0n) is 12.7. The molecule has 1 aliphatic carbocycles. The van der Waals surface area contributed by atoms with E-state index in [0.717, 1.165) is 0 Å². The number of Topliss-reactive ketones (excluding diaryl/α,β-unsaturated/α-hetero) is 1. The van der Waals surface area contributed by atoms with Crippen molar-refractivity contribution >= 4 is 17.7 Å². The van der Waals surface area contributed by atoms with Gasteiger partial charge >= 0.3 is 11.9 Å². The van der Waals surface area contributed by atoms with Crippen molar-refractivity contribution in [1.29, 1.82) is 0 Å². The molecule has 0 radical (unpaired) electrons. The van der Waals surface area contributed by atoms with Crippen LogP contribution in [0.2, 0.25) is 0 Å². The summed E-state index contributed by atoms with van der Waals surface area (Å²) in [6.45, 7) is 1.97. The summed E-state index contributed by atoms with van der Waals surface area (Å²) in [5, 5.41) is 0. The summed E-state index contributed by atoms with van der Waals surface area (Å²) in [4.78, 5) is 36.1. The van der Waals surface area contributed by atoms with Gasteiger partial charge in [-0.1, -0.05) is 18.2 Å². The minimum atomic E-state index is -1.13. The smallest absolute Gasteiger partial charge is 0.338 e. The Morgan fingerprint density at radius 2 is 1.91 bits per heavy atom. The maximum absolute atomic E-state index is 12.1. The van der Waals surface area contributed by atoms with Crippen LogP contribution in [0.3, 0.4) is 0 Å². The van der Waals surface area contributed by atoms with E-state index in [9.17, 15) is 14.4 Å². The summed E-state index contributed by atoms with van der Waals surface area (Å²) in [6, 6.07) is 8.62. The molecular weight excluding hydrogens is 284 g/mol. The van der Waals surface area contributed by atoms with Gasteiger partial charge in [-0.25, -0.2) is 4.79 Å². The molecule has 1 saturated carbocycles. The van der Waals surface area contributed by atoms with Crippen molar-refractivity contribution in [1.82, 2.24) is 0 Å². The van der Waals surface area contributed by atoms with Crippen molar-refractivity contribution in [2.45, 2.75) is 32.6 Å². The van der Waals surface area contributed by atoms with Crippen LogP contribution in [0.5, 0.6) is 0 Å². The maximum atomic E-state index is 12.1. The lowest BCUT2D eigenvalue weighted by Crippen LogP contribution is -2.38. The fraction of sp³-hybridized carbons (Fsp3) is 0.471. The lowest BCUT2D eigenvalue weighted by atomic mass is 9.82. The van der Waals surface area contributed by atoms with Gasteiger partial charge in [0.15, 0.2) is 0 Å². The Hall–Kier alpha value is -2.17. The highest BCUT2D eigenvalue weighted by Crippen LogP contribution is 2.39. The maximum Gasteiger partial charge on any atom is 0.338 e. The molecule has 1 aromatic carbocycles. The average Bonchev–Trinajstić information content (AvgIpc) is 2.90. The normalized spacial score (nSPS) is 20.7. The van der Waals surface area contributed by atoms with Gasteiger partial charge in [-0.15, -0.1) is 0 Å². The molecule has 5 nitrogen and oxygen atoms in total. The van der Waals surface area contributed by atoms with E-state index >= 15 is 0 Å². The number of ketones is 1. The SMILES string of the molecule is CCOC(=O)C1(CCOC(=O)c2ccccc2)CCCC1=O. The van der Waals surface area contributed by atoms with Crippen LogP contribution >= 0.6 is 0 Å². The number of rotatable bonds is 6. The first-order valence-corrected chi connectivity index (χ1v) is 7.53. The molecule has 0 N–H and O–H groups in total. The third-order valence-electron chi connectivity index (χ3n) is 3.98. The summed E-state index contributed by atoms with van der Waals surface area (Å²) < 4.78 is 10.2. The van der Waals surface area contributed by atoms with E-state index in [2.05, 4.69) is 0 Å². The number of carbonyl (C=O) groups is 3. The van der Waals surface area contributed by atoms with E-state index in [1.165, 1.54) is 0 Å². The molecule has 118 valence electrons. The number of ether oxygens (including phenoxy) is 2. The molecule has 2 rings (SSSR count). The highest BCUT2D eigenvalue weighted by molar-refractivity contribution is 6.05. The molecule has 0 bridgehead atoms. The van der Waals surface area contributed by atoms with Crippen LogP contribution in [0.25, 0.3) is 0 Å². The van der Waals surface area contributed by atoms with Crippen LogP contribution in [0.15, 0.2) is 30.3 Å². The summed E-state index contributed by atoms with van der Waals surface area (Å²) in [5.74, 6) is -1.06. The summed E-state index contributed by atoms with van der Waals surface area (Å²) in [6.07, 6.45) is 1.70. The Bertz CT molecular complexity index is 551. The van der Waals surface area contributed by atoms with Crippen LogP contribution in [0, 0.1) is 5.41 Å². The largest absolute Gasteiger partial charge is 0.465 e. The van der Waals surface area contributed by atoms with Crippen LogP contribution < -0.4 is 0 Å². The van der Waals surface area contributed by atoms with Crippen LogP contribution in [0.1, 0.15) is 43.0 Å². The Kier molecular flexibility index (Phi) is 5.31. The molecular formula is C17H20O5. The number of esters is 2. The minimum absolute atomic E-state index is 0.0261. The summed E-state index contributed by atoms with van der Waals surface area (Å²) in [7, 11) is 0. The van der Waals surface area contributed by atoms with Crippen LogP contribution in [0.4, 0.5) is 0 Å². The quantitative estimate of drug-likeness (QED) is 0.596. The van der Waals surface area contributed by atoms with Crippen LogP contribution in [-0.4, -0.2) is 30.9 Å². The number of hydrogen-bond donors (Lipinski definition) is 0.